The molecule has 1 aromatic carbocycles. The van der Waals surface area contributed by atoms with Crippen molar-refractivity contribution in [1.29, 1.82) is 0 Å². The third kappa shape index (κ3) is 3.06. The molecule has 0 spiro atoms. The Kier molecular flexibility index (Phi) is 4.08. The highest BCUT2D eigenvalue weighted by atomic mass is 15.4. The van der Waals surface area contributed by atoms with Gasteiger partial charge in [0.05, 0.1) is 6.04 Å². The van der Waals surface area contributed by atoms with Crippen LogP contribution in [-0.2, 0) is 6.42 Å². The highest BCUT2D eigenvalue weighted by Crippen LogP contribution is 2.26. The van der Waals surface area contributed by atoms with E-state index >= 15 is 0 Å². The van der Waals surface area contributed by atoms with E-state index in [1.807, 2.05) is 48.8 Å². The predicted molar refractivity (Wildman–Crippen MR) is 96.3 cm³/mol. The first-order chi connectivity index (χ1) is 12.3. The molecule has 4 aromatic rings. The van der Waals surface area contributed by atoms with Crippen molar-refractivity contribution >= 4 is 11.6 Å². The van der Waals surface area contributed by atoms with Crippen LogP contribution >= 0.6 is 0 Å². The SMILES string of the molecule is CCc1cc(NC(c2ccccc2)c2ccncc2)n2ncnc2n1. The molecule has 25 heavy (non-hydrogen) atoms. The number of nitrogens with one attached hydrogen (secondary N) is 1. The molecule has 0 aliphatic rings. The lowest BCUT2D eigenvalue weighted by molar-refractivity contribution is 0.859. The maximum atomic E-state index is 4.51. The van der Waals surface area contributed by atoms with Gasteiger partial charge in [-0.15, -0.1) is 0 Å². The Morgan fingerprint density at radius 1 is 1.04 bits per heavy atom. The number of aromatic nitrogens is 5. The minimum absolute atomic E-state index is 0.0243. The second kappa shape index (κ2) is 6.68. The molecule has 0 amide bonds. The number of hydrogen-bond donors (Lipinski definition) is 1. The zero-order valence-electron chi connectivity index (χ0n) is 13.9. The monoisotopic (exact) mass is 330 g/mol. The number of anilines is 1. The number of rotatable bonds is 5. The summed E-state index contributed by atoms with van der Waals surface area (Å²) in [6.45, 7) is 2.08. The van der Waals surface area contributed by atoms with Gasteiger partial charge >= 0.3 is 0 Å². The van der Waals surface area contributed by atoms with Gasteiger partial charge in [0, 0.05) is 24.2 Å². The van der Waals surface area contributed by atoms with Crippen LogP contribution in [0.4, 0.5) is 5.82 Å². The first kappa shape index (κ1) is 15.3. The third-order valence-electron chi connectivity index (χ3n) is 4.13. The fraction of sp³-hybridized carbons (Fsp3) is 0.158. The molecule has 4 rings (SSSR count). The van der Waals surface area contributed by atoms with E-state index in [1.165, 1.54) is 6.33 Å². The van der Waals surface area contributed by atoms with E-state index in [0.29, 0.717) is 5.78 Å². The molecule has 124 valence electrons. The average molecular weight is 330 g/mol. The van der Waals surface area contributed by atoms with E-state index in [2.05, 4.69) is 44.4 Å². The molecule has 6 nitrogen and oxygen atoms in total. The van der Waals surface area contributed by atoms with Crippen LogP contribution in [0.25, 0.3) is 5.78 Å². The van der Waals surface area contributed by atoms with Gasteiger partial charge in [0.25, 0.3) is 5.78 Å². The van der Waals surface area contributed by atoms with Gasteiger partial charge in [-0.25, -0.2) is 4.98 Å². The molecular formula is C19H18N6. The van der Waals surface area contributed by atoms with Gasteiger partial charge in [0.15, 0.2) is 0 Å². The van der Waals surface area contributed by atoms with Gasteiger partial charge < -0.3 is 5.32 Å². The molecule has 1 atom stereocenters. The van der Waals surface area contributed by atoms with Crippen molar-refractivity contribution in [3.63, 3.8) is 0 Å². The van der Waals surface area contributed by atoms with E-state index < -0.39 is 0 Å². The Bertz CT molecular complexity index is 926. The highest BCUT2D eigenvalue weighted by molar-refractivity contribution is 5.49. The van der Waals surface area contributed by atoms with Crippen LogP contribution in [0.15, 0.2) is 67.3 Å². The molecule has 3 heterocycles. The first-order valence-electron chi connectivity index (χ1n) is 8.26. The van der Waals surface area contributed by atoms with E-state index in [-0.39, 0.29) is 6.04 Å². The van der Waals surface area contributed by atoms with Crippen molar-refractivity contribution in [2.75, 3.05) is 5.32 Å². The Balaban J connectivity index is 1.81. The van der Waals surface area contributed by atoms with Crippen molar-refractivity contribution in [1.82, 2.24) is 24.6 Å². The minimum atomic E-state index is -0.0243. The number of aryl methyl sites for hydroxylation is 1. The van der Waals surface area contributed by atoms with Gasteiger partial charge in [0.1, 0.15) is 12.1 Å². The number of benzene rings is 1. The van der Waals surface area contributed by atoms with Gasteiger partial charge in [-0.3, -0.25) is 4.98 Å². The van der Waals surface area contributed by atoms with E-state index in [9.17, 15) is 0 Å². The summed E-state index contributed by atoms with van der Waals surface area (Å²) >= 11 is 0. The summed E-state index contributed by atoms with van der Waals surface area (Å²) in [5.74, 6) is 1.47. The highest BCUT2D eigenvalue weighted by Gasteiger charge is 2.16. The van der Waals surface area contributed by atoms with E-state index in [0.717, 1.165) is 29.1 Å². The normalized spacial score (nSPS) is 12.2. The van der Waals surface area contributed by atoms with E-state index in [4.69, 9.17) is 0 Å². The smallest absolute Gasteiger partial charge is 0.254 e. The van der Waals surface area contributed by atoms with Crippen LogP contribution in [0, 0.1) is 0 Å². The Labute approximate surface area is 145 Å². The molecule has 6 heteroatoms. The molecule has 3 aromatic heterocycles. The Morgan fingerprint density at radius 2 is 1.80 bits per heavy atom. The molecule has 0 saturated heterocycles. The van der Waals surface area contributed by atoms with Crippen molar-refractivity contribution in [3.05, 3.63) is 84.1 Å². The van der Waals surface area contributed by atoms with Crippen LogP contribution in [0.3, 0.4) is 0 Å². The van der Waals surface area contributed by atoms with Gasteiger partial charge in [-0.2, -0.15) is 14.6 Å². The maximum Gasteiger partial charge on any atom is 0.254 e. The maximum absolute atomic E-state index is 4.51. The fourth-order valence-electron chi connectivity index (χ4n) is 2.85. The summed E-state index contributed by atoms with van der Waals surface area (Å²) < 4.78 is 1.73. The van der Waals surface area contributed by atoms with Crippen LogP contribution in [0.2, 0.25) is 0 Å². The van der Waals surface area contributed by atoms with Gasteiger partial charge in [-0.05, 0) is 29.7 Å². The van der Waals surface area contributed by atoms with Crippen molar-refractivity contribution in [3.8, 4) is 0 Å². The molecule has 0 saturated carbocycles. The summed E-state index contributed by atoms with van der Waals surface area (Å²) in [6.07, 6.45) is 5.98. The van der Waals surface area contributed by atoms with Crippen molar-refractivity contribution < 1.29 is 0 Å². The minimum Gasteiger partial charge on any atom is -0.359 e. The average Bonchev–Trinajstić information content (AvgIpc) is 3.16. The van der Waals surface area contributed by atoms with Gasteiger partial charge in [-0.1, -0.05) is 37.3 Å². The molecule has 0 radical (unpaired) electrons. The lowest BCUT2D eigenvalue weighted by atomic mass is 10.00. The zero-order chi connectivity index (χ0) is 17.1. The zero-order valence-corrected chi connectivity index (χ0v) is 13.9. The first-order valence-corrected chi connectivity index (χ1v) is 8.26. The standard InChI is InChI=1S/C19H18N6/c1-2-16-12-17(25-19(23-16)21-13-22-25)24-18(14-6-4-3-5-7-14)15-8-10-20-11-9-15/h3-13,18,24H,2H2,1H3. The summed E-state index contributed by atoms with van der Waals surface area (Å²) in [7, 11) is 0. The van der Waals surface area contributed by atoms with Crippen LogP contribution in [0.5, 0.6) is 0 Å². The fourth-order valence-corrected chi connectivity index (χ4v) is 2.85. The van der Waals surface area contributed by atoms with Crippen molar-refractivity contribution in [2.24, 2.45) is 0 Å². The second-order valence-electron chi connectivity index (χ2n) is 5.73. The number of fused-ring (bicyclic) bond motifs is 1. The largest absolute Gasteiger partial charge is 0.359 e. The molecule has 1 unspecified atom stereocenters. The lowest BCUT2D eigenvalue weighted by Gasteiger charge is -2.21. The molecular weight excluding hydrogens is 312 g/mol. The summed E-state index contributed by atoms with van der Waals surface area (Å²) in [4.78, 5) is 12.9. The third-order valence-corrected chi connectivity index (χ3v) is 4.13. The molecule has 0 fully saturated rings. The lowest BCUT2D eigenvalue weighted by Crippen LogP contribution is -2.16. The number of hydrogen-bond acceptors (Lipinski definition) is 5. The van der Waals surface area contributed by atoms with Gasteiger partial charge in [0.2, 0.25) is 0 Å². The summed E-state index contributed by atoms with van der Waals surface area (Å²) in [5, 5.41) is 7.91. The van der Waals surface area contributed by atoms with Crippen LogP contribution < -0.4 is 5.32 Å². The van der Waals surface area contributed by atoms with Crippen molar-refractivity contribution in [2.45, 2.75) is 19.4 Å². The topological polar surface area (TPSA) is 68.0 Å². The Hall–Kier alpha value is -3.28. The van der Waals surface area contributed by atoms with E-state index in [1.54, 1.807) is 4.52 Å². The summed E-state index contributed by atoms with van der Waals surface area (Å²) in [6, 6.07) is 16.4. The summed E-state index contributed by atoms with van der Waals surface area (Å²) in [5.41, 5.74) is 3.27. The predicted octanol–water partition coefficient (Wildman–Crippen LogP) is 3.28. The van der Waals surface area contributed by atoms with Crippen LogP contribution in [0.1, 0.15) is 29.8 Å². The molecule has 1 N–H and O–H groups in total. The molecule has 0 bridgehead atoms. The number of nitrogens with zero attached hydrogens (tertiary/aromatic N) is 5. The number of pyridine rings is 1. The second-order valence-corrected chi connectivity index (χ2v) is 5.73. The molecule has 0 aliphatic heterocycles. The molecule has 0 aliphatic carbocycles. The quantitative estimate of drug-likeness (QED) is 0.608. The van der Waals surface area contributed by atoms with Crippen LogP contribution in [-0.4, -0.2) is 24.6 Å². The Morgan fingerprint density at radius 3 is 2.56 bits per heavy atom.